The van der Waals surface area contributed by atoms with Gasteiger partial charge in [0, 0.05) is 6.42 Å². The fourth-order valence-electron chi connectivity index (χ4n) is 0.288. The highest BCUT2D eigenvalue weighted by Gasteiger charge is 2.10. The first kappa shape index (κ1) is 7.80. The molecule has 0 aromatic heterocycles. The third kappa shape index (κ3) is 3.97. The minimum Gasteiger partial charge on any atom is -0.150 e. The van der Waals surface area contributed by atoms with Gasteiger partial charge in [0.1, 0.15) is 0 Å². The fraction of sp³-hybridized carbons (Fsp3) is 0.600. The summed E-state index contributed by atoms with van der Waals surface area (Å²) in [4.78, 5) is 0. The summed E-state index contributed by atoms with van der Waals surface area (Å²) in [6, 6.07) is 0. The molecule has 0 aliphatic heterocycles. The van der Waals surface area contributed by atoms with Crippen molar-refractivity contribution in [2.75, 3.05) is 13.3 Å². The molecule has 0 fully saturated rings. The van der Waals surface area contributed by atoms with Crippen LogP contribution in [0.4, 0.5) is 0 Å². The maximum absolute atomic E-state index is 10.4. The number of hydrogen-bond donors (Lipinski definition) is 0. The van der Waals surface area contributed by atoms with E-state index in [9.17, 15) is 4.57 Å². The normalized spacial score (nSPS) is 10.9. The molecule has 0 aliphatic carbocycles. The van der Waals surface area contributed by atoms with E-state index in [4.69, 9.17) is 0 Å². The Bertz CT molecular complexity index is 90.4. The van der Waals surface area contributed by atoms with Gasteiger partial charge in [0.25, 0.3) is 0 Å². The Morgan fingerprint density at radius 2 is 2.50 bits per heavy atom. The van der Waals surface area contributed by atoms with Crippen molar-refractivity contribution in [1.29, 1.82) is 0 Å². The number of rotatable bonds is 4. The van der Waals surface area contributed by atoms with Crippen LogP contribution in [0.2, 0.25) is 0 Å². The highest BCUT2D eigenvalue weighted by molar-refractivity contribution is 7.39. The van der Waals surface area contributed by atoms with Crippen LogP contribution < -0.4 is 0 Å². The van der Waals surface area contributed by atoms with Crippen molar-refractivity contribution in [2.45, 2.75) is 6.42 Å². The molecule has 3 heteroatoms. The zero-order chi connectivity index (χ0) is 6.41. The molecule has 0 aliphatic rings. The molecule has 46 valence electrons. The van der Waals surface area contributed by atoms with Crippen molar-refractivity contribution < 1.29 is 9.09 Å². The van der Waals surface area contributed by atoms with E-state index in [0.29, 0.717) is 6.16 Å². The summed E-state index contributed by atoms with van der Waals surface area (Å²) in [5.74, 6) is 0. The highest BCUT2D eigenvalue weighted by atomic mass is 31.1. The van der Waals surface area contributed by atoms with Gasteiger partial charge in [-0.2, -0.15) is 0 Å². The predicted molar refractivity (Wildman–Crippen MR) is 34.3 cm³/mol. The maximum atomic E-state index is 10.4. The van der Waals surface area contributed by atoms with Crippen molar-refractivity contribution in [3.8, 4) is 0 Å². The molecule has 0 aromatic carbocycles. The molecule has 0 spiro atoms. The average molecular weight is 133 g/mol. The molecular formula is C5H10O2P+. The van der Waals surface area contributed by atoms with Crippen LogP contribution in [-0.2, 0) is 9.09 Å². The van der Waals surface area contributed by atoms with Crippen LogP contribution in [0, 0.1) is 0 Å². The van der Waals surface area contributed by atoms with Crippen LogP contribution in [0.25, 0.3) is 0 Å². The summed E-state index contributed by atoms with van der Waals surface area (Å²) < 4.78 is 15.0. The minimum atomic E-state index is -1.41. The van der Waals surface area contributed by atoms with Crippen molar-refractivity contribution in [2.24, 2.45) is 0 Å². The number of hydrogen-bond acceptors (Lipinski definition) is 2. The first-order chi connectivity index (χ1) is 3.81. The highest BCUT2D eigenvalue weighted by Crippen LogP contribution is 2.20. The van der Waals surface area contributed by atoms with Crippen molar-refractivity contribution >= 4 is 8.03 Å². The summed E-state index contributed by atoms with van der Waals surface area (Å²) in [7, 11) is 0.0407. The van der Waals surface area contributed by atoms with Gasteiger partial charge in [-0.3, -0.25) is 0 Å². The minimum absolute atomic E-state index is 0.593. The quantitative estimate of drug-likeness (QED) is 0.432. The molecule has 2 nitrogen and oxygen atoms in total. The molecule has 1 atom stereocenters. The molecule has 0 heterocycles. The fourth-order valence-corrected chi connectivity index (χ4v) is 0.864. The lowest BCUT2D eigenvalue weighted by Crippen LogP contribution is -1.74. The van der Waals surface area contributed by atoms with Crippen molar-refractivity contribution in [1.82, 2.24) is 0 Å². The summed E-state index contributed by atoms with van der Waals surface area (Å²) in [5.41, 5.74) is 0. The Morgan fingerprint density at radius 3 is 2.88 bits per heavy atom. The first-order valence-corrected chi connectivity index (χ1v) is 3.77. The van der Waals surface area contributed by atoms with E-state index in [1.807, 2.05) is 0 Å². The Hall–Kier alpha value is -0.200. The van der Waals surface area contributed by atoms with Crippen LogP contribution >= 0.6 is 8.03 Å². The lowest BCUT2D eigenvalue weighted by Gasteiger charge is -1.75. The van der Waals surface area contributed by atoms with Gasteiger partial charge in [-0.15, -0.1) is 11.1 Å². The van der Waals surface area contributed by atoms with E-state index in [0.717, 1.165) is 6.42 Å². The second-order valence-corrected chi connectivity index (χ2v) is 2.79. The molecule has 0 rings (SSSR count). The Kier molecular flexibility index (Phi) is 4.82. The van der Waals surface area contributed by atoms with Crippen molar-refractivity contribution in [3.05, 3.63) is 12.7 Å². The van der Waals surface area contributed by atoms with Gasteiger partial charge < -0.3 is 0 Å². The second-order valence-electron chi connectivity index (χ2n) is 1.32. The number of allylic oxidation sites excluding steroid dienone is 1. The van der Waals surface area contributed by atoms with E-state index in [1.165, 1.54) is 7.11 Å². The van der Waals surface area contributed by atoms with Gasteiger partial charge in [0.2, 0.25) is 0 Å². The summed E-state index contributed by atoms with van der Waals surface area (Å²) in [6.07, 6.45) is 3.09. The third-order valence-electron chi connectivity index (χ3n) is 0.719. The molecule has 0 saturated carbocycles. The van der Waals surface area contributed by atoms with Crippen LogP contribution in [-0.4, -0.2) is 13.3 Å². The molecule has 0 saturated heterocycles. The van der Waals surface area contributed by atoms with E-state index in [-0.39, 0.29) is 0 Å². The van der Waals surface area contributed by atoms with Gasteiger partial charge in [-0.1, -0.05) is 6.08 Å². The van der Waals surface area contributed by atoms with Gasteiger partial charge in [-0.05, 0) is 4.57 Å². The third-order valence-corrected chi connectivity index (χ3v) is 1.75. The van der Waals surface area contributed by atoms with E-state index in [1.54, 1.807) is 6.08 Å². The predicted octanol–water partition coefficient (Wildman–Crippen LogP) is 1.95. The first-order valence-electron chi connectivity index (χ1n) is 2.41. The lowest BCUT2D eigenvalue weighted by atomic mass is 10.5. The molecule has 0 amide bonds. The molecule has 0 radical (unpaired) electrons. The molecule has 0 N–H and O–H groups in total. The van der Waals surface area contributed by atoms with E-state index in [2.05, 4.69) is 11.1 Å². The monoisotopic (exact) mass is 133 g/mol. The SMILES string of the molecule is C=CCC[P+](=O)OC. The van der Waals surface area contributed by atoms with Crippen LogP contribution in [0.1, 0.15) is 6.42 Å². The van der Waals surface area contributed by atoms with E-state index < -0.39 is 8.03 Å². The second kappa shape index (κ2) is 4.95. The summed E-state index contributed by atoms with van der Waals surface area (Å²) in [6.45, 7) is 3.48. The standard InChI is InChI=1S/C5H10O2P/c1-3-4-5-8(6)7-2/h3H,1,4-5H2,2H3/q+1. The smallest absolute Gasteiger partial charge is 0.150 e. The molecule has 1 unspecified atom stereocenters. The Morgan fingerprint density at radius 1 is 1.88 bits per heavy atom. The van der Waals surface area contributed by atoms with Crippen LogP contribution in [0.5, 0.6) is 0 Å². The summed E-state index contributed by atoms with van der Waals surface area (Å²) >= 11 is 0. The van der Waals surface area contributed by atoms with E-state index >= 15 is 0 Å². The van der Waals surface area contributed by atoms with Gasteiger partial charge >= 0.3 is 8.03 Å². The lowest BCUT2D eigenvalue weighted by molar-refractivity contribution is 0.415. The summed E-state index contributed by atoms with van der Waals surface area (Å²) in [5, 5.41) is 0. The molecule has 0 aromatic rings. The Labute approximate surface area is 50.4 Å². The maximum Gasteiger partial charge on any atom is 0.508 e. The van der Waals surface area contributed by atoms with Crippen molar-refractivity contribution in [3.63, 3.8) is 0 Å². The molecule has 0 bridgehead atoms. The molecule has 8 heavy (non-hydrogen) atoms. The molecular weight excluding hydrogens is 123 g/mol. The largest absolute Gasteiger partial charge is 0.508 e. The van der Waals surface area contributed by atoms with Gasteiger partial charge in [-0.25, -0.2) is 0 Å². The Balaban J connectivity index is 3.11. The van der Waals surface area contributed by atoms with Crippen LogP contribution in [0.15, 0.2) is 12.7 Å². The average Bonchev–Trinajstić information content (AvgIpc) is 1.83. The van der Waals surface area contributed by atoms with Crippen LogP contribution in [0.3, 0.4) is 0 Å². The van der Waals surface area contributed by atoms with Gasteiger partial charge in [0.05, 0.1) is 7.11 Å². The topological polar surface area (TPSA) is 26.3 Å². The zero-order valence-corrected chi connectivity index (χ0v) is 5.86. The zero-order valence-electron chi connectivity index (χ0n) is 4.96. The van der Waals surface area contributed by atoms with Gasteiger partial charge in [0.15, 0.2) is 6.16 Å².